The highest BCUT2D eigenvalue weighted by atomic mass is 32.2. The molecule has 106 valence electrons. The lowest BCUT2D eigenvalue weighted by molar-refractivity contribution is 0.0939. The molecule has 0 fully saturated rings. The van der Waals surface area contributed by atoms with Gasteiger partial charge in [-0.25, -0.2) is 9.97 Å². The molecule has 19 heavy (non-hydrogen) atoms. The minimum absolute atomic E-state index is 0.118. The van der Waals surface area contributed by atoms with Crippen LogP contribution in [0.5, 0.6) is 0 Å². The van der Waals surface area contributed by atoms with Crippen LogP contribution in [0.3, 0.4) is 0 Å². The number of nitrogens with one attached hydrogen (secondary N) is 1. The van der Waals surface area contributed by atoms with Gasteiger partial charge in [-0.15, -0.1) is 0 Å². The molecule has 2 unspecified atom stereocenters. The van der Waals surface area contributed by atoms with Gasteiger partial charge in [-0.05, 0) is 6.92 Å². The van der Waals surface area contributed by atoms with Crippen LogP contribution in [0, 0.1) is 0 Å². The van der Waals surface area contributed by atoms with Crippen molar-refractivity contribution in [1.82, 2.24) is 15.3 Å². The molecule has 7 heteroatoms. The maximum absolute atomic E-state index is 12.1. The topological polar surface area (TPSA) is 98.0 Å². The number of carbonyl (C=O) groups excluding carboxylic acids is 1. The number of carbonyl (C=O) groups is 1. The Hall–Kier alpha value is -1.50. The first-order chi connectivity index (χ1) is 8.81. The summed E-state index contributed by atoms with van der Waals surface area (Å²) < 4.78 is 11.1. The van der Waals surface area contributed by atoms with Crippen LogP contribution in [0.4, 0.5) is 5.69 Å². The Morgan fingerprint density at radius 2 is 2.11 bits per heavy atom. The highest BCUT2D eigenvalue weighted by molar-refractivity contribution is 7.84. The largest absolute Gasteiger partial charge is 0.396 e. The first-order valence-corrected chi connectivity index (χ1v) is 7.77. The van der Waals surface area contributed by atoms with Crippen LogP contribution in [0.2, 0.25) is 0 Å². The highest BCUT2D eigenvalue weighted by Crippen LogP contribution is 2.13. The van der Waals surface area contributed by atoms with E-state index in [9.17, 15) is 9.00 Å². The number of amides is 1. The summed E-state index contributed by atoms with van der Waals surface area (Å²) in [6, 6.07) is -0.199. The van der Waals surface area contributed by atoms with Gasteiger partial charge in [0.2, 0.25) is 0 Å². The lowest BCUT2D eigenvalue weighted by Crippen LogP contribution is -2.37. The minimum Gasteiger partial charge on any atom is -0.396 e. The molecular formula is C12H20N4O2S. The fourth-order valence-electron chi connectivity index (χ4n) is 1.55. The van der Waals surface area contributed by atoms with E-state index >= 15 is 0 Å². The second-order valence-corrected chi connectivity index (χ2v) is 6.28. The predicted octanol–water partition coefficient (Wildman–Crippen LogP) is 0.679. The van der Waals surface area contributed by atoms with Gasteiger partial charge in [0, 0.05) is 34.8 Å². The van der Waals surface area contributed by atoms with Gasteiger partial charge in [-0.2, -0.15) is 0 Å². The van der Waals surface area contributed by atoms with Gasteiger partial charge in [0.1, 0.15) is 5.82 Å². The molecule has 2 atom stereocenters. The van der Waals surface area contributed by atoms with Crippen molar-refractivity contribution in [3.8, 4) is 0 Å². The average molecular weight is 284 g/mol. The molecule has 3 N–H and O–H groups in total. The molecule has 0 aliphatic carbocycles. The maximum atomic E-state index is 12.1. The number of aromatic nitrogens is 2. The molecule has 0 bridgehead atoms. The van der Waals surface area contributed by atoms with Gasteiger partial charge < -0.3 is 11.1 Å². The summed E-state index contributed by atoms with van der Waals surface area (Å²) in [6.07, 6.45) is 3.04. The van der Waals surface area contributed by atoms with Crippen LogP contribution in [0.1, 0.15) is 43.0 Å². The standard InChI is InChI=1S/C12H20N4O2S/c1-7(2)11-14-5-9(13)10(16-11)12(17)15-8(3)6-19(4)18/h5,7-8H,6,13H2,1-4H3,(H,15,17). The Kier molecular flexibility index (Phi) is 5.41. The fraction of sp³-hybridized carbons (Fsp3) is 0.583. The third-order valence-electron chi connectivity index (χ3n) is 2.43. The summed E-state index contributed by atoms with van der Waals surface area (Å²) in [5, 5.41) is 2.73. The van der Waals surface area contributed by atoms with Crippen molar-refractivity contribution in [2.45, 2.75) is 32.7 Å². The molecule has 0 aromatic carbocycles. The SMILES string of the molecule is CC(CS(C)=O)NC(=O)c1nc(C(C)C)ncc1N. The average Bonchev–Trinajstić information content (AvgIpc) is 2.27. The zero-order valence-corrected chi connectivity index (χ0v) is 12.5. The smallest absolute Gasteiger partial charge is 0.272 e. The third kappa shape index (κ3) is 4.59. The minimum atomic E-state index is -0.964. The van der Waals surface area contributed by atoms with Crippen LogP contribution in [0.25, 0.3) is 0 Å². The van der Waals surface area contributed by atoms with E-state index in [0.717, 1.165) is 0 Å². The van der Waals surface area contributed by atoms with Gasteiger partial charge in [0.05, 0.1) is 11.9 Å². The van der Waals surface area contributed by atoms with Crippen LogP contribution in [-0.4, -0.2) is 38.1 Å². The molecule has 1 aromatic heterocycles. The first-order valence-electron chi connectivity index (χ1n) is 6.04. The Morgan fingerprint density at radius 1 is 1.47 bits per heavy atom. The molecule has 1 heterocycles. The van der Waals surface area contributed by atoms with Crippen molar-refractivity contribution < 1.29 is 9.00 Å². The lowest BCUT2D eigenvalue weighted by Gasteiger charge is -2.13. The summed E-state index contributed by atoms with van der Waals surface area (Å²) in [5.74, 6) is 0.729. The summed E-state index contributed by atoms with van der Waals surface area (Å²) in [6.45, 7) is 5.67. The third-order valence-corrected chi connectivity index (χ3v) is 3.40. The Morgan fingerprint density at radius 3 is 2.63 bits per heavy atom. The zero-order chi connectivity index (χ0) is 14.6. The number of nitrogen functional groups attached to an aromatic ring is 1. The van der Waals surface area contributed by atoms with Crippen molar-refractivity contribution in [1.29, 1.82) is 0 Å². The van der Waals surface area contributed by atoms with E-state index in [-0.39, 0.29) is 29.2 Å². The maximum Gasteiger partial charge on any atom is 0.272 e. The van der Waals surface area contributed by atoms with Crippen molar-refractivity contribution in [3.63, 3.8) is 0 Å². The normalized spacial score (nSPS) is 14.2. The summed E-state index contributed by atoms with van der Waals surface area (Å²) in [5.41, 5.74) is 6.14. The highest BCUT2D eigenvalue weighted by Gasteiger charge is 2.17. The quantitative estimate of drug-likeness (QED) is 0.828. The molecule has 0 spiro atoms. The molecule has 6 nitrogen and oxygen atoms in total. The molecular weight excluding hydrogens is 264 g/mol. The Labute approximate surface area is 115 Å². The predicted molar refractivity (Wildman–Crippen MR) is 76.4 cm³/mol. The molecule has 0 aliphatic heterocycles. The van der Waals surface area contributed by atoms with Crippen molar-refractivity contribution >= 4 is 22.4 Å². The molecule has 0 saturated carbocycles. The number of nitrogens with zero attached hydrogens (tertiary/aromatic N) is 2. The van der Waals surface area contributed by atoms with E-state index in [4.69, 9.17) is 5.73 Å². The summed E-state index contributed by atoms with van der Waals surface area (Å²) in [4.78, 5) is 20.3. The van der Waals surface area contributed by atoms with Crippen LogP contribution in [0.15, 0.2) is 6.20 Å². The Balaban J connectivity index is 2.87. The van der Waals surface area contributed by atoms with E-state index in [1.807, 2.05) is 13.8 Å². The summed E-state index contributed by atoms with van der Waals surface area (Å²) in [7, 11) is -0.964. The van der Waals surface area contributed by atoms with Crippen molar-refractivity contribution in [2.24, 2.45) is 0 Å². The number of hydrogen-bond acceptors (Lipinski definition) is 5. The van der Waals surface area contributed by atoms with Crippen LogP contribution < -0.4 is 11.1 Å². The fourth-order valence-corrected chi connectivity index (χ4v) is 2.34. The van der Waals surface area contributed by atoms with Gasteiger partial charge in [0.25, 0.3) is 5.91 Å². The summed E-state index contributed by atoms with van der Waals surface area (Å²) >= 11 is 0. The van der Waals surface area contributed by atoms with E-state index in [1.165, 1.54) is 6.20 Å². The van der Waals surface area contributed by atoms with Gasteiger partial charge in [-0.1, -0.05) is 13.8 Å². The van der Waals surface area contributed by atoms with Gasteiger partial charge in [0.15, 0.2) is 5.69 Å². The molecule has 1 aromatic rings. The lowest BCUT2D eigenvalue weighted by atomic mass is 10.2. The number of hydrogen-bond donors (Lipinski definition) is 2. The van der Waals surface area contributed by atoms with Crippen molar-refractivity contribution in [2.75, 3.05) is 17.7 Å². The molecule has 0 radical (unpaired) electrons. The number of anilines is 1. The molecule has 0 saturated heterocycles. The Bertz CT molecular complexity index is 491. The van der Waals surface area contributed by atoms with E-state index in [1.54, 1.807) is 13.2 Å². The zero-order valence-electron chi connectivity index (χ0n) is 11.6. The molecule has 1 amide bonds. The van der Waals surface area contributed by atoms with E-state index < -0.39 is 10.8 Å². The number of nitrogens with two attached hydrogens (primary N) is 1. The van der Waals surface area contributed by atoms with Gasteiger partial charge in [-0.3, -0.25) is 9.00 Å². The second kappa shape index (κ2) is 6.60. The molecule has 1 rings (SSSR count). The first kappa shape index (κ1) is 15.6. The van der Waals surface area contributed by atoms with Crippen LogP contribution >= 0.6 is 0 Å². The second-order valence-electron chi connectivity index (χ2n) is 4.80. The molecule has 0 aliphatic rings. The monoisotopic (exact) mass is 284 g/mol. The van der Waals surface area contributed by atoms with Crippen LogP contribution in [-0.2, 0) is 10.8 Å². The number of rotatable bonds is 5. The van der Waals surface area contributed by atoms with Gasteiger partial charge >= 0.3 is 0 Å². The van der Waals surface area contributed by atoms with E-state index in [2.05, 4.69) is 15.3 Å². The van der Waals surface area contributed by atoms with Crippen molar-refractivity contribution in [3.05, 3.63) is 17.7 Å². The van der Waals surface area contributed by atoms with E-state index in [0.29, 0.717) is 11.6 Å².